The molecule has 0 aliphatic carbocycles. The zero-order valence-corrected chi connectivity index (χ0v) is 14.8. The van der Waals surface area contributed by atoms with Gasteiger partial charge in [0.25, 0.3) is 0 Å². The summed E-state index contributed by atoms with van der Waals surface area (Å²) in [5, 5.41) is 0. The molecular weight excluding hydrogens is 316 g/mol. The van der Waals surface area contributed by atoms with Crippen LogP contribution in [0, 0.1) is 13.8 Å². The Labute approximate surface area is 146 Å². The highest BCUT2D eigenvalue weighted by atomic mass is 32.1. The highest BCUT2D eigenvalue weighted by Gasteiger charge is 2.19. The lowest BCUT2D eigenvalue weighted by Crippen LogP contribution is -2.30. The van der Waals surface area contributed by atoms with Crippen LogP contribution in [0.4, 0.5) is 0 Å². The molecule has 3 aromatic rings. The van der Waals surface area contributed by atoms with E-state index in [-0.39, 0.29) is 0 Å². The average molecular weight is 336 g/mol. The number of fused-ring (bicyclic) bond motifs is 1. The number of hydrogen-bond acceptors (Lipinski definition) is 5. The molecule has 1 aliphatic rings. The van der Waals surface area contributed by atoms with E-state index in [9.17, 15) is 0 Å². The highest BCUT2D eigenvalue weighted by Crippen LogP contribution is 2.25. The van der Waals surface area contributed by atoms with Crippen LogP contribution in [0.5, 0.6) is 0 Å². The van der Waals surface area contributed by atoms with Gasteiger partial charge in [-0.1, -0.05) is 0 Å². The summed E-state index contributed by atoms with van der Waals surface area (Å²) in [7, 11) is 0. The van der Waals surface area contributed by atoms with Gasteiger partial charge in [-0.05, 0) is 37.6 Å². The summed E-state index contributed by atoms with van der Waals surface area (Å²) in [6.45, 7) is 7.38. The van der Waals surface area contributed by atoms with Gasteiger partial charge in [-0.3, -0.25) is 9.88 Å². The molecule has 24 heavy (non-hydrogen) atoms. The minimum absolute atomic E-state index is 0.778. The third kappa shape index (κ3) is 3.09. The minimum atomic E-state index is 0.778. The molecule has 4 heterocycles. The lowest BCUT2D eigenvalue weighted by atomic mass is 10.1. The third-order valence-corrected chi connectivity index (χ3v) is 5.67. The van der Waals surface area contributed by atoms with E-state index >= 15 is 0 Å². The first-order chi connectivity index (χ1) is 11.7. The smallest absolute Gasteiger partial charge is 0.160 e. The maximum atomic E-state index is 4.77. The van der Waals surface area contributed by atoms with E-state index in [1.807, 2.05) is 35.9 Å². The van der Waals surface area contributed by atoms with Crippen LogP contribution in [0.3, 0.4) is 0 Å². The van der Waals surface area contributed by atoms with Crippen LogP contribution in [0.25, 0.3) is 11.4 Å². The van der Waals surface area contributed by atoms with E-state index in [0.29, 0.717) is 0 Å². The Bertz CT molecular complexity index is 838. The molecule has 0 saturated carbocycles. The van der Waals surface area contributed by atoms with E-state index in [1.54, 1.807) is 6.20 Å². The van der Waals surface area contributed by atoms with Crippen LogP contribution in [0.2, 0.25) is 0 Å². The summed E-state index contributed by atoms with van der Waals surface area (Å²) in [4.78, 5) is 18.8. The maximum absolute atomic E-state index is 4.77. The number of thiophene rings is 1. The van der Waals surface area contributed by atoms with Gasteiger partial charge in [-0.15, -0.1) is 11.3 Å². The molecule has 1 aliphatic heterocycles. The molecule has 4 rings (SSSR count). The number of aromatic nitrogens is 3. The average Bonchev–Trinajstić information content (AvgIpc) is 2.92. The zero-order chi connectivity index (χ0) is 16.5. The van der Waals surface area contributed by atoms with Gasteiger partial charge in [-0.2, -0.15) is 0 Å². The van der Waals surface area contributed by atoms with Crippen molar-refractivity contribution < 1.29 is 0 Å². The number of aryl methyl sites for hydroxylation is 2. The fourth-order valence-corrected chi connectivity index (χ4v) is 4.19. The molecule has 0 atom stereocenters. The molecule has 0 spiro atoms. The fourth-order valence-electron chi connectivity index (χ4n) is 3.09. The van der Waals surface area contributed by atoms with Crippen molar-refractivity contribution in [3.8, 4) is 11.4 Å². The van der Waals surface area contributed by atoms with Crippen molar-refractivity contribution in [2.45, 2.75) is 33.4 Å². The molecule has 0 fully saturated rings. The maximum Gasteiger partial charge on any atom is 0.160 e. The summed E-state index contributed by atoms with van der Waals surface area (Å²) >= 11 is 1.91. The Balaban J connectivity index is 1.51. The van der Waals surface area contributed by atoms with Crippen molar-refractivity contribution in [3.63, 3.8) is 0 Å². The summed E-state index contributed by atoms with van der Waals surface area (Å²) < 4.78 is 0. The van der Waals surface area contributed by atoms with Crippen molar-refractivity contribution >= 4 is 11.3 Å². The van der Waals surface area contributed by atoms with Gasteiger partial charge in [0.2, 0.25) is 0 Å². The van der Waals surface area contributed by atoms with Gasteiger partial charge in [0, 0.05) is 65.5 Å². The third-order valence-electron chi connectivity index (χ3n) is 4.53. The SMILES string of the molecule is Cc1cc(CN2CCc3nc(-c4cccnc4)ncc3C2)sc1C. The Morgan fingerprint density at radius 1 is 1.25 bits per heavy atom. The Morgan fingerprint density at radius 2 is 2.17 bits per heavy atom. The number of nitrogens with zero attached hydrogens (tertiary/aromatic N) is 4. The van der Waals surface area contributed by atoms with Crippen molar-refractivity contribution in [1.29, 1.82) is 0 Å². The lowest BCUT2D eigenvalue weighted by molar-refractivity contribution is 0.245. The van der Waals surface area contributed by atoms with Gasteiger partial charge in [0.15, 0.2) is 5.82 Å². The Morgan fingerprint density at radius 3 is 2.92 bits per heavy atom. The fraction of sp³-hybridized carbons (Fsp3) is 0.316. The van der Waals surface area contributed by atoms with E-state index in [0.717, 1.165) is 37.4 Å². The molecule has 3 aromatic heterocycles. The van der Waals surface area contributed by atoms with Crippen molar-refractivity contribution in [2.75, 3.05) is 6.54 Å². The second kappa shape index (κ2) is 6.42. The normalized spacial score (nSPS) is 14.6. The van der Waals surface area contributed by atoms with Gasteiger partial charge in [-0.25, -0.2) is 9.97 Å². The van der Waals surface area contributed by atoms with Crippen molar-refractivity contribution in [3.05, 3.63) is 63.4 Å². The second-order valence-corrected chi connectivity index (χ2v) is 7.66. The van der Waals surface area contributed by atoms with Crippen molar-refractivity contribution in [1.82, 2.24) is 19.9 Å². The first-order valence-corrected chi connectivity index (χ1v) is 9.04. The first kappa shape index (κ1) is 15.4. The first-order valence-electron chi connectivity index (χ1n) is 8.22. The zero-order valence-electron chi connectivity index (χ0n) is 14.0. The van der Waals surface area contributed by atoms with Gasteiger partial charge in [0.05, 0.1) is 5.69 Å². The Hall–Kier alpha value is -2.11. The molecule has 0 N–H and O–H groups in total. The summed E-state index contributed by atoms with van der Waals surface area (Å²) in [6.07, 6.45) is 6.56. The van der Waals surface area contributed by atoms with Crippen LogP contribution in [0.15, 0.2) is 36.8 Å². The molecule has 0 aromatic carbocycles. The van der Waals surface area contributed by atoms with E-state index in [2.05, 4.69) is 34.8 Å². The van der Waals surface area contributed by atoms with Crippen LogP contribution in [-0.2, 0) is 19.5 Å². The Kier molecular flexibility index (Phi) is 4.12. The molecule has 122 valence electrons. The summed E-state index contributed by atoms with van der Waals surface area (Å²) in [5.74, 6) is 0.778. The molecule has 0 radical (unpaired) electrons. The van der Waals surface area contributed by atoms with Crippen molar-refractivity contribution in [2.24, 2.45) is 0 Å². The molecule has 0 bridgehead atoms. The molecule has 0 unspecified atom stereocenters. The number of hydrogen-bond donors (Lipinski definition) is 0. The molecular formula is C19H20N4S. The van der Waals surface area contributed by atoms with Crippen LogP contribution in [-0.4, -0.2) is 26.4 Å². The molecule has 4 nitrogen and oxygen atoms in total. The minimum Gasteiger partial charge on any atom is -0.293 e. The molecule has 0 saturated heterocycles. The molecule has 0 amide bonds. The molecule has 5 heteroatoms. The van der Waals surface area contributed by atoms with E-state index in [4.69, 9.17) is 4.98 Å². The van der Waals surface area contributed by atoms with E-state index < -0.39 is 0 Å². The van der Waals surface area contributed by atoms with Gasteiger partial charge >= 0.3 is 0 Å². The topological polar surface area (TPSA) is 41.9 Å². The lowest BCUT2D eigenvalue weighted by Gasteiger charge is -2.27. The standard InChI is InChI=1S/C19H20N4S/c1-13-8-17(24-14(13)2)12-23-7-5-18-16(11-23)10-21-19(22-18)15-4-3-6-20-9-15/h3-4,6,8-10H,5,7,11-12H2,1-2H3. The predicted molar refractivity (Wildman–Crippen MR) is 96.9 cm³/mol. The van der Waals surface area contributed by atoms with Gasteiger partial charge < -0.3 is 0 Å². The number of pyridine rings is 1. The quantitative estimate of drug-likeness (QED) is 0.730. The second-order valence-electron chi connectivity index (χ2n) is 6.32. The van der Waals surface area contributed by atoms with E-state index in [1.165, 1.54) is 26.6 Å². The van der Waals surface area contributed by atoms with Crippen LogP contribution >= 0.6 is 11.3 Å². The highest BCUT2D eigenvalue weighted by molar-refractivity contribution is 7.12. The van der Waals surface area contributed by atoms with Gasteiger partial charge in [0.1, 0.15) is 0 Å². The van der Waals surface area contributed by atoms with Crippen LogP contribution < -0.4 is 0 Å². The van der Waals surface area contributed by atoms with Crippen LogP contribution in [0.1, 0.15) is 26.6 Å². The summed E-state index contributed by atoms with van der Waals surface area (Å²) in [6, 6.07) is 6.24. The predicted octanol–water partition coefficient (Wildman–Crippen LogP) is 3.78. The summed E-state index contributed by atoms with van der Waals surface area (Å²) in [5.41, 5.74) is 4.81. The monoisotopic (exact) mass is 336 g/mol. The number of rotatable bonds is 3. The largest absolute Gasteiger partial charge is 0.293 e.